The minimum atomic E-state index is -0.215. The topological polar surface area (TPSA) is 83.5 Å². The molecule has 6 nitrogen and oxygen atoms in total. The van der Waals surface area contributed by atoms with E-state index < -0.39 is 0 Å². The molecule has 0 fully saturated rings. The number of nitrogens with one attached hydrogen (secondary N) is 2. The Morgan fingerprint density at radius 2 is 2.10 bits per heavy atom. The van der Waals surface area contributed by atoms with E-state index in [4.69, 9.17) is 0 Å². The first-order valence-corrected chi connectivity index (χ1v) is 6.64. The van der Waals surface area contributed by atoms with Gasteiger partial charge in [-0.25, -0.2) is 10.4 Å². The van der Waals surface area contributed by atoms with E-state index >= 15 is 0 Å². The summed E-state index contributed by atoms with van der Waals surface area (Å²) in [5.74, 6) is 0.154. The predicted octanol–water partition coefficient (Wildman–Crippen LogP) is 2.09. The van der Waals surface area contributed by atoms with Crippen molar-refractivity contribution in [3.63, 3.8) is 0 Å². The van der Waals surface area contributed by atoms with Crippen molar-refractivity contribution >= 4 is 23.3 Å². The van der Waals surface area contributed by atoms with Crippen LogP contribution in [0.2, 0.25) is 0 Å². The maximum Gasteiger partial charge on any atom is 0.240 e. The summed E-state index contributed by atoms with van der Waals surface area (Å²) in [5, 5.41) is 6.55. The highest BCUT2D eigenvalue weighted by Gasteiger charge is 2.05. The molecule has 0 saturated heterocycles. The van der Waals surface area contributed by atoms with Gasteiger partial charge in [0, 0.05) is 18.3 Å². The number of nitrogens with zero attached hydrogens (tertiary/aromatic N) is 2. The van der Waals surface area contributed by atoms with Crippen molar-refractivity contribution in [2.45, 2.75) is 39.5 Å². The fourth-order valence-corrected chi connectivity index (χ4v) is 1.45. The molecule has 0 bridgehead atoms. The summed E-state index contributed by atoms with van der Waals surface area (Å²) in [6.45, 7) is 3.71. The number of pyridine rings is 1. The van der Waals surface area contributed by atoms with Crippen molar-refractivity contribution in [3.8, 4) is 0 Å². The Hall–Kier alpha value is -2.24. The molecular weight excluding hydrogens is 256 g/mol. The molecule has 0 radical (unpaired) electrons. The first-order valence-electron chi connectivity index (χ1n) is 6.64. The van der Waals surface area contributed by atoms with Crippen LogP contribution < -0.4 is 10.7 Å². The van der Waals surface area contributed by atoms with Crippen LogP contribution >= 0.6 is 0 Å². The number of hydrogen-bond donors (Lipinski definition) is 2. The van der Waals surface area contributed by atoms with Crippen LogP contribution in [0, 0.1) is 0 Å². The lowest BCUT2D eigenvalue weighted by Crippen LogP contribution is -2.21. The number of amides is 2. The van der Waals surface area contributed by atoms with E-state index in [-0.39, 0.29) is 18.2 Å². The van der Waals surface area contributed by atoms with Crippen molar-refractivity contribution in [3.05, 3.63) is 24.4 Å². The van der Waals surface area contributed by atoms with Gasteiger partial charge < -0.3 is 5.32 Å². The number of unbranched alkanes of at least 4 members (excludes halogenated alkanes) is 1. The molecule has 1 aromatic heterocycles. The van der Waals surface area contributed by atoms with Crippen LogP contribution in [-0.4, -0.2) is 22.5 Å². The highest BCUT2D eigenvalue weighted by atomic mass is 16.2. The van der Waals surface area contributed by atoms with Gasteiger partial charge in [-0.2, -0.15) is 5.10 Å². The lowest BCUT2D eigenvalue weighted by molar-refractivity contribution is -0.121. The van der Waals surface area contributed by atoms with E-state index in [0.717, 1.165) is 12.8 Å². The maximum absolute atomic E-state index is 11.7. The zero-order chi connectivity index (χ0) is 14.8. The Kier molecular flexibility index (Phi) is 6.95. The lowest BCUT2D eigenvalue weighted by atomic mass is 10.2. The Labute approximate surface area is 118 Å². The largest absolute Gasteiger partial charge is 0.310 e. The van der Waals surface area contributed by atoms with E-state index in [0.29, 0.717) is 18.0 Å². The molecular formula is C14H20N4O2. The molecule has 0 aliphatic carbocycles. The van der Waals surface area contributed by atoms with Crippen molar-refractivity contribution in [1.82, 2.24) is 10.4 Å². The molecule has 0 spiro atoms. The number of hydrazone groups is 1. The first-order chi connectivity index (χ1) is 9.61. The van der Waals surface area contributed by atoms with Crippen LogP contribution in [0.5, 0.6) is 0 Å². The van der Waals surface area contributed by atoms with E-state index in [2.05, 4.69) is 20.8 Å². The van der Waals surface area contributed by atoms with Crippen LogP contribution in [0.3, 0.4) is 0 Å². The molecule has 0 aliphatic heterocycles. The molecule has 1 heterocycles. The van der Waals surface area contributed by atoms with Gasteiger partial charge in [-0.1, -0.05) is 19.4 Å². The van der Waals surface area contributed by atoms with Crippen molar-refractivity contribution < 1.29 is 9.59 Å². The summed E-state index contributed by atoms with van der Waals surface area (Å²) in [4.78, 5) is 27.0. The molecule has 0 saturated carbocycles. The molecule has 2 N–H and O–H groups in total. The molecule has 2 amide bonds. The van der Waals surface area contributed by atoms with Gasteiger partial charge in [0.2, 0.25) is 11.8 Å². The number of anilines is 1. The van der Waals surface area contributed by atoms with Gasteiger partial charge in [-0.15, -0.1) is 0 Å². The molecule has 0 atom stereocenters. The first kappa shape index (κ1) is 15.8. The highest BCUT2D eigenvalue weighted by Crippen LogP contribution is 2.01. The Bertz CT molecular complexity index is 471. The molecule has 6 heteroatoms. The third kappa shape index (κ3) is 6.63. The van der Waals surface area contributed by atoms with Gasteiger partial charge in [-0.3, -0.25) is 9.59 Å². The van der Waals surface area contributed by atoms with Gasteiger partial charge >= 0.3 is 0 Å². The smallest absolute Gasteiger partial charge is 0.240 e. The summed E-state index contributed by atoms with van der Waals surface area (Å²) in [6.07, 6.45) is 3.96. The van der Waals surface area contributed by atoms with Crippen LogP contribution in [0.25, 0.3) is 0 Å². The van der Waals surface area contributed by atoms with Crippen molar-refractivity contribution in [2.24, 2.45) is 5.10 Å². The van der Waals surface area contributed by atoms with Gasteiger partial charge in [0.05, 0.1) is 6.42 Å². The number of carbonyl (C=O) groups excluding carboxylic acids is 2. The summed E-state index contributed by atoms with van der Waals surface area (Å²) in [5.41, 5.74) is 2.98. The number of hydrogen-bond acceptors (Lipinski definition) is 4. The van der Waals surface area contributed by atoms with Gasteiger partial charge in [0.15, 0.2) is 0 Å². The third-order valence-corrected chi connectivity index (χ3v) is 2.48. The minimum Gasteiger partial charge on any atom is -0.310 e. The number of rotatable bonds is 7. The van der Waals surface area contributed by atoms with Crippen LogP contribution in [0.1, 0.15) is 39.5 Å². The van der Waals surface area contributed by atoms with E-state index in [9.17, 15) is 9.59 Å². The van der Waals surface area contributed by atoms with Crippen molar-refractivity contribution in [1.29, 1.82) is 0 Å². The molecule has 1 rings (SSSR count). The summed E-state index contributed by atoms with van der Waals surface area (Å²) >= 11 is 0. The summed E-state index contributed by atoms with van der Waals surface area (Å²) < 4.78 is 0. The van der Waals surface area contributed by atoms with Crippen LogP contribution in [0.15, 0.2) is 29.5 Å². The number of aromatic nitrogens is 1. The van der Waals surface area contributed by atoms with Crippen molar-refractivity contribution in [2.75, 3.05) is 5.32 Å². The lowest BCUT2D eigenvalue weighted by Gasteiger charge is -2.04. The predicted molar refractivity (Wildman–Crippen MR) is 78.3 cm³/mol. The molecule has 0 aliphatic rings. The van der Waals surface area contributed by atoms with Crippen LogP contribution in [-0.2, 0) is 9.59 Å². The molecule has 108 valence electrons. The van der Waals surface area contributed by atoms with Crippen LogP contribution in [0.4, 0.5) is 5.82 Å². The fourth-order valence-electron chi connectivity index (χ4n) is 1.45. The average Bonchev–Trinajstić information content (AvgIpc) is 2.43. The Morgan fingerprint density at radius 3 is 2.75 bits per heavy atom. The van der Waals surface area contributed by atoms with E-state index in [1.165, 1.54) is 0 Å². The molecule has 20 heavy (non-hydrogen) atoms. The van der Waals surface area contributed by atoms with Gasteiger partial charge in [0.1, 0.15) is 5.82 Å². The summed E-state index contributed by atoms with van der Waals surface area (Å²) in [6, 6.07) is 5.27. The van der Waals surface area contributed by atoms with E-state index in [1.807, 2.05) is 6.92 Å². The maximum atomic E-state index is 11.7. The second-order valence-electron chi connectivity index (χ2n) is 4.43. The van der Waals surface area contributed by atoms with Gasteiger partial charge in [0.25, 0.3) is 0 Å². The molecule has 0 unspecified atom stereocenters. The standard InChI is InChI=1S/C14H20N4O2/c1-3-4-8-13(19)18-17-11(2)10-14(20)16-12-7-5-6-9-15-12/h5-7,9H,3-4,8,10H2,1-2H3,(H,18,19)(H,15,16,20)/b17-11+. The van der Waals surface area contributed by atoms with Gasteiger partial charge in [-0.05, 0) is 25.5 Å². The zero-order valence-electron chi connectivity index (χ0n) is 11.8. The summed E-state index contributed by atoms with van der Waals surface area (Å²) in [7, 11) is 0. The fraction of sp³-hybridized carbons (Fsp3) is 0.429. The third-order valence-electron chi connectivity index (χ3n) is 2.48. The zero-order valence-corrected chi connectivity index (χ0v) is 11.8. The Balaban J connectivity index is 2.35. The second kappa shape index (κ2) is 8.79. The second-order valence-corrected chi connectivity index (χ2v) is 4.43. The number of carbonyl (C=O) groups is 2. The average molecular weight is 276 g/mol. The highest BCUT2D eigenvalue weighted by molar-refractivity contribution is 6.05. The molecule has 0 aromatic carbocycles. The SMILES string of the molecule is CCCCC(=O)N/N=C(\C)CC(=O)Nc1ccccn1. The minimum absolute atomic E-state index is 0.116. The normalized spacial score (nSPS) is 11.0. The monoisotopic (exact) mass is 276 g/mol. The Morgan fingerprint density at radius 1 is 1.30 bits per heavy atom. The molecule has 1 aromatic rings. The van der Waals surface area contributed by atoms with E-state index in [1.54, 1.807) is 31.3 Å². The quantitative estimate of drug-likeness (QED) is 0.591.